The standard InChI is InChI=1S/C25H28N2O4/c1-2-17-5-11-22(12-6-17)31-25(29)19-8-3-18(4-9-19)7-14-24(28)30-16-20-15-21(26)10-13-23(20)27/h2-4,7-10,13-15,17,22H,1,5-6,11-12,16,26-27H2/b14-7+. The Hall–Kier alpha value is -3.54. The fourth-order valence-corrected chi connectivity index (χ4v) is 3.50. The van der Waals surface area contributed by atoms with Crippen LogP contribution < -0.4 is 11.5 Å². The maximum Gasteiger partial charge on any atom is 0.338 e. The molecule has 1 saturated carbocycles. The fourth-order valence-electron chi connectivity index (χ4n) is 3.50. The lowest BCUT2D eigenvalue weighted by atomic mass is 9.87. The van der Waals surface area contributed by atoms with E-state index in [-0.39, 0.29) is 18.7 Å². The van der Waals surface area contributed by atoms with E-state index in [1.807, 2.05) is 6.08 Å². The number of hydrogen-bond donors (Lipinski definition) is 2. The minimum Gasteiger partial charge on any atom is -0.459 e. The normalized spacial score (nSPS) is 18.5. The van der Waals surface area contributed by atoms with Crippen LogP contribution in [-0.2, 0) is 20.9 Å². The molecule has 6 heteroatoms. The van der Waals surface area contributed by atoms with Crippen LogP contribution >= 0.6 is 0 Å². The number of hydrogen-bond acceptors (Lipinski definition) is 6. The highest BCUT2D eigenvalue weighted by Gasteiger charge is 2.22. The van der Waals surface area contributed by atoms with Crippen LogP contribution in [0.3, 0.4) is 0 Å². The predicted molar refractivity (Wildman–Crippen MR) is 122 cm³/mol. The summed E-state index contributed by atoms with van der Waals surface area (Å²) in [5.74, 6) is -0.298. The second-order valence-electron chi connectivity index (χ2n) is 7.70. The highest BCUT2D eigenvalue weighted by molar-refractivity contribution is 5.90. The lowest BCUT2D eigenvalue weighted by Crippen LogP contribution is -2.23. The summed E-state index contributed by atoms with van der Waals surface area (Å²) in [6.07, 6.45) is 8.64. The first kappa shape index (κ1) is 22.2. The third-order valence-corrected chi connectivity index (χ3v) is 5.42. The van der Waals surface area contributed by atoms with E-state index in [9.17, 15) is 9.59 Å². The molecule has 162 valence electrons. The zero-order valence-corrected chi connectivity index (χ0v) is 17.5. The number of nitrogen functional groups attached to an aromatic ring is 2. The van der Waals surface area contributed by atoms with Crippen molar-refractivity contribution < 1.29 is 19.1 Å². The average molecular weight is 421 g/mol. The number of nitrogens with two attached hydrogens (primary N) is 2. The van der Waals surface area contributed by atoms with Crippen LogP contribution in [-0.4, -0.2) is 18.0 Å². The van der Waals surface area contributed by atoms with Crippen LogP contribution in [0.5, 0.6) is 0 Å². The van der Waals surface area contributed by atoms with E-state index in [0.29, 0.717) is 28.4 Å². The highest BCUT2D eigenvalue weighted by atomic mass is 16.5. The Morgan fingerprint density at radius 2 is 1.74 bits per heavy atom. The van der Waals surface area contributed by atoms with Crippen molar-refractivity contribution in [1.29, 1.82) is 0 Å². The number of carbonyl (C=O) groups is 2. The highest BCUT2D eigenvalue weighted by Crippen LogP contribution is 2.27. The van der Waals surface area contributed by atoms with Crippen LogP contribution in [0, 0.1) is 5.92 Å². The minimum absolute atomic E-state index is 0.0351. The monoisotopic (exact) mass is 420 g/mol. The Bertz CT molecular complexity index is 958. The second-order valence-corrected chi connectivity index (χ2v) is 7.70. The molecule has 0 spiro atoms. The van der Waals surface area contributed by atoms with Gasteiger partial charge in [-0.05, 0) is 73.6 Å². The second kappa shape index (κ2) is 10.5. The molecule has 6 nitrogen and oxygen atoms in total. The van der Waals surface area contributed by atoms with Gasteiger partial charge in [0.2, 0.25) is 0 Å². The van der Waals surface area contributed by atoms with Gasteiger partial charge in [0.15, 0.2) is 0 Å². The number of ether oxygens (including phenoxy) is 2. The first-order valence-corrected chi connectivity index (χ1v) is 10.4. The van der Waals surface area contributed by atoms with E-state index in [2.05, 4.69) is 6.58 Å². The minimum atomic E-state index is -0.500. The molecule has 0 unspecified atom stereocenters. The summed E-state index contributed by atoms with van der Waals surface area (Å²) >= 11 is 0. The topological polar surface area (TPSA) is 105 Å². The summed E-state index contributed by atoms with van der Waals surface area (Å²) < 4.78 is 10.8. The van der Waals surface area contributed by atoms with E-state index in [4.69, 9.17) is 20.9 Å². The summed E-state index contributed by atoms with van der Waals surface area (Å²) in [6, 6.07) is 11.9. The molecule has 0 heterocycles. The molecule has 1 fully saturated rings. The van der Waals surface area contributed by atoms with Gasteiger partial charge in [0.1, 0.15) is 12.7 Å². The Labute approximate surface area is 182 Å². The van der Waals surface area contributed by atoms with Crippen molar-refractivity contribution in [2.75, 3.05) is 11.5 Å². The van der Waals surface area contributed by atoms with Crippen LogP contribution in [0.15, 0.2) is 61.2 Å². The molecule has 2 aromatic carbocycles. The van der Waals surface area contributed by atoms with Crippen molar-refractivity contribution in [1.82, 2.24) is 0 Å². The molecule has 0 aliphatic heterocycles. The summed E-state index contributed by atoms with van der Waals surface area (Å²) in [5.41, 5.74) is 14.5. The molecule has 0 atom stereocenters. The third kappa shape index (κ3) is 6.47. The van der Waals surface area contributed by atoms with E-state index < -0.39 is 5.97 Å². The Morgan fingerprint density at radius 3 is 2.42 bits per heavy atom. The van der Waals surface area contributed by atoms with E-state index in [1.54, 1.807) is 48.5 Å². The van der Waals surface area contributed by atoms with Crippen molar-refractivity contribution in [2.45, 2.75) is 38.4 Å². The first-order chi connectivity index (χ1) is 14.9. The largest absolute Gasteiger partial charge is 0.459 e. The molecule has 1 aliphatic carbocycles. The van der Waals surface area contributed by atoms with Crippen molar-refractivity contribution in [3.63, 3.8) is 0 Å². The van der Waals surface area contributed by atoms with Gasteiger partial charge in [0.05, 0.1) is 5.56 Å². The third-order valence-electron chi connectivity index (χ3n) is 5.42. The van der Waals surface area contributed by atoms with Gasteiger partial charge in [-0.3, -0.25) is 0 Å². The molecule has 4 N–H and O–H groups in total. The maximum atomic E-state index is 12.4. The first-order valence-electron chi connectivity index (χ1n) is 10.4. The molecule has 1 aliphatic rings. The van der Waals surface area contributed by atoms with Crippen LogP contribution in [0.2, 0.25) is 0 Å². The van der Waals surface area contributed by atoms with Gasteiger partial charge in [0.25, 0.3) is 0 Å². The molecular formula is C25H28N2O4. The van der Waals surface area contributed by atoms with Crippen molar-refractivity contribution in [3.05, 3.63) is 77.9 Å². The predicted octanol–water partition coefficient (Wildman–Crippen LogP) is 4.51. The van der Waals surface area contributed by atoms with Crippen LogP contribution in [0.4, 0.5) is 11.4 Å². The Morgan fingerprint density at radius 1 is 1.03 bits per heavy atom. The van der Waals surface area contributed by atoms with Gasteiger partial charge in [0, 0.05) is 23.0 Å². The molecule has 0 saturated heterocycles. The van der Waals surface area contributed by atoms with Crippen molar-refractivity contribution in [3.8, 4) is 0 Å². The summed E-state index contributed by atoms with van der Waals surface area (Å²) in [5, 5.41) is 0. The van der Waals surface area contributed by atoms with Crippen molar-refractivity contribution in [2.24, 2.45) is 5.92 Å². The smallest absolute Gasteiger partial charge is 0.338 e. The molecule has 0 bridgehead atoms. The van der Waals surface area contributed by atoms with E-state index >= 15 is 0 Å². The zero-order chi connectivity index (χ0) is 22.2. The molecule has 31 heavy (non-hydrogen) atoms. The SMILES string of the molecule is C=CC1CCC(OC(=O)c2ccc(/C=C/C(=O)OCc3cc(N)ccc3N)cc2)CC1. The van der Waals surface area contributed by atoms with Gasteiger partial charge in [-0.15, -0.1) is 6.58 Å². The summed E-state index contributed by atoms with van der Waals surface area (Å²) in [4.78, 5) is 24.3. The number of rotatable bonds is 7. The van der Waals surface area contributed by atoms with E-state index in [1.165, 1.54) is 6.08 Å². The molecule has 0 amide bonds. The molecule has 0 aromatic heterocycles. The number of carbonyl (C=O) groups excluding carboxylic acids is 2. The number of benzene rings is 2. The average Bonchev–Trinajstić information content (AvgIpc) is 2.79. The number of esters is 2. The Balaban J connectivity index is 1.48. The summed E-state index contributed by atoms with van der Waals surface area (Å²) in [7, 11) is 0. The fraction of sp³-hybridized carbons (Fsp3) is 0.280. The van der Waals surface area contributed by atoms with Gasteiger partial charge in [-0.25, -0.2) is 9.59 Å². The number of anilines is 2. The Kier molecular flexibility index (Phi) is 7.49. The lowest BCUT2D eigenvalue weighted by molar-refractivity contribution is -0.138. The quantitative estimate of drug-likeness (QED) is 0.296. The van der Waals surface area contributed by atoms with Gasteiger partial charge < -0.3 is 20.9 Å². The van der Waals surface area contributed by atoms with Gasteiger partial charge in [-0.2, -0.15) is 0 Å². The molecule has 0 radical (unpaired) electrons. The zero-order valence-electron chi connectivity index (χ0n) is 17.5. The molecular weight excluding hydrogens is 392 g/mol. The lowest BCUT2D eigenvalue weighted by Gasteiger charge is -2.26. The van der Waals surface area contributed by atoms with Crippen molar-refractivity contribution >= 4 is 29.4 Å². The molecule has 3 rings (SSSR count). The maximum absolute atomic E-state index is 12.4. The van der Waals surface area contributed by atoms with Crippen LogP contribution in [0.25, 0.3) is 6.08 Å². The van der Waals surface area contributed by atoms with Crippen LogP contribution in [0.1, 0.15) is 47.2 Å². The van der Waals surface area contributed by atoms with Gasteiger partial charge >= 0.3 is 11.9 Å². The number of allylic oxidation sites excluding steroid dienone is 1. The molecule has 2 aromatic rings. The van der Waals surface area contributed by atoms with E-state index in [0.717, 1.165) is 31.2 Å². The van der Waals surface area contributed by atoms with Gasteiger partial charge in [-0.1, -0.05) is 18.2 Å². The summed E-state index contributed by atoms with van der Waals surface area (Å²) in [6.45, 7) is 3.87.